The highest BCUT2D eigenvalue weighted by atomic mass is 19.4. The van der Waals surface area contributed by atoms with Gasteiger partial charge in [0.05, 0.1) is 13.0 Å². The summed E-state index contributed by atoms with van der Waals surface area (Å²) in [6.07, 6.45) is -4.90. The zero-order chi connectivity index (χ0) is 11.2. The Kier molecular flexibility index (Phi) is 6.11. The molecule has 2 unspecified atom stereocenters. The maximum atomic E-state index is 11.9. The predicted molar refractivity (Wildman–Crippen MR) is 49.2 cm³/mol. The van der Waals surface area contributed by atoms with Gasteiger partial charge in [-0.25, -0.2) is 0 Å². The summed E-state index contributed by atoms with van der Waals surface area (Å²) in [7, 11) is 0. The normalized spacial score (nSPS) is 16.7. The molecule has 0 aliphatic rings. The third kappa shape index (κ3) is 8.31. The first-order chi connectivity index (χ1) is 6.35. The van der Waals surface area contributed by atoms with Crippen LogP contribution in [0.25, 0.3) is 0 Å². The highest BCUT2D eigenvalue weighted by Crippen LogP contribution is 2.21. The molecule has 0 amide bonds. The topological polar surface area (TPSA) is 21.3 Å². The van der Waals surface area contributed by atoms with Gasteiger partial charge in [-0.3, -0.25) is 0 Å². The van der Waals surface area contributed by atoms with Crippen molar-refractivity contribution < 1.29 is 17.9 Å². The van der Waals surface area contributed by atoms with Crippen LogP contribution in [0.2, 0.25) is 0 Å². The highest BCUT2D eigenvalue weighted by Gasteiger charge is 2.30. The van der Waals surface area contributed by atoms with Gasteiger partial charge >= 0.3 is 6.18 Å². The number of hydrogen-bond acceptors (Lipinski definition) is 2. The SMILES string of the molecule is CCOCC(C)NC(C)CC(F)(F)F. The van der Waals surface area contributed by atoms with Gasteiger partial charge in [0.25, 0.3) is 0 Å². The number of hydrogen-bond donors (Lipinski definition) is 1. The molecule has 86 valence electrons. The van der Waals surface area contributed by atoms with Gasteiger partial charge in [0.1, 0.15) is 0 Å². The molecule has 0 spiro atoms. The van der Waals surface area contributed by atoms with E-state index in [-0.39, 0.29) is 6.04 Å². The lowest BCUT2D eigenvalue weighted by molar-refractivity contribution is -0.139. The number of alkyl halides is 3. The fourth-order valence-corrected chi connectivity index (χ4v) is 1.23. The van der Waals surface area contributed by atoms with Gasteiger partial charge in [0.2, 0.25) is 0 Å². The monoisotopic (exact) mass is 213 g/mol. The number of nitrogens with one attached hydrogen (secondary N) is 1. The van der Waals surface area contributed by atoms with E-state index in [1.165, 1.54) is 6.92 Å². The fraction of sp³-hybridized carbons (Fsp3) is 1.00. The summed E-state index contributed by atoms with van der Waals surface area (Å²) >= 11 is 0. The second kappa shape index (κ2) is 6.24. The molecular weight excluding hydrogens is 195 g/mol. The fourth-order valence-electron chi connectivity index (χ4n) is 1.23. The summed E-state index contributed by atoms with van der Waals surface area (Å²) in [6, 6.07) is -0.613. The van der Waals surface area contributed by atoms with Gasteiger partial charge in [0, 0.05) is 18.7 Å². The molecule has 0 aromatic heterocycles. The van der Waals surface area contributed by atoms with Crippen molar-refractivity contribution in [2.75, 3.05) is 13.2 Å². The molecule has 0 aliphatic carbocycles. The first-order valence-electron chi connectivity index (χ1n) is 4.75. The number of halogens is 3. The second-order valence-corrected chi connectivity index (χ2v) is 3.45. The Labute approximate surface area is 82.8 Å². The Hall–Kier alpha value is -0.290. The van der Waals surface area contributed by atoms with Crippen LogP contribution < -0.4 is 5.32 Å². The van der Waals surface area contributed by atoms with Crippen molar-refractivity contribution in [1.82, 2.24) is 5.32 Å². The standard InChI is InChI=1S/C9H18F3NO/c1-4-14-6-8(3)13-7(2)5-9(10,11)12/h7-8,13H,4-6H2,1-3H3. The van der Waals surface area contributed by atoms with E-state index in [2.05, 4.69) is 5.32 Å². The molecule has 0 saturated heterocycles. The van der Waals surface area contributed by atoms with Crippen LogP contribution in [0.1, 0.15) is 27.2 Å². The lowest BCUT2D eigenvalue weighted by Crippen LogP contribution is -2.39. The minimum atomic E-state index is -4.10. The van der Waals surface area contributed by atoms with Crippen LogP contribution in [0.5, 0.6) is 0 Å². The molecular formula is C9H18F3NO. The minimum Gasteiger partial charge on any atom is -0.380 e. The first-order valence-corrected chi connectivity index (χ1v) is 4.75. The zero-order valence-electron chi connectivity index (χ0n) is 8.82. The van der Waals surface area contributed by atoms with Crippen molar-refractivity contribution >= 4 is 0 Å². The molecule has 2 nitrogen and oxygen atoms in total. The molecule has 0 saturated carbocycles. The van der Waals surface area contributed by atoms with E-state index in [0.717, 1.165) is 0 Å². The Morgan fingerprint density at radius 2 is 1.79 bits per heavy atom. The molecule has 0 heterocycles. The van der Waals surface area contributed by atoms with Crippen molar-refractivity contribution in [3.63, 3.8) is 0 Å². The van der Waals surface area contributed by atoms with Gasteiger partial charge in [-0.15, -0.1) is 0 Å². The molecule has 0 aliphatic heterocycles. The van der Waals surface area contributed by atoms with Gasteiger partial charge in [-0.1, -0.05) is 0 Å². The molecule has 5 heteroatoms. The molecule has 0 aromatic rings. The Bertz CT molecular complexity index is 149. The van der Waals surface area contributed by atoms with E-state index in [1.54, 1.807) is 0 Å². The summed E-state index contributed by atoms with van der Waals surface area (Å²) in [4.78, 5) is 0. The first kappa shape index (κ1) is 13.7. The van der Waals surface area contributed by atoms with Crippen molar-refractivity contribution in [3.05, 3.63) is 0 Å². The van der Waals surface area contributed by atoms with Crippen LogP contribution >= 0.6 is 0 Å². The quantitative estimate of drug-likeness (QED) is 0.731. The van der Waals surface area contributed by atoms with Crippen LogP contribution in [-0.2, 0) is 4.74 Å². The lowest BCUT2D eigenvalue weighted by atomic mass is 10.2. The Balaban J connectivity index is 3.65. The molecule has 2 atom stereocenters. The largest absolute Gasteiger partial charge is 0.390 e. The van der Waals surface area contributed by atoms with E-state index >= 15 is 0 Å². The third-order valence-electron chi connectivity index (χ3n) is 1.68. The summed E-state index contributed by atoms with van der Waals surface area (Å²) in [5.41, 5.74) is 0. The predicted octanol–water partition coefficient (Wildman–Crippen LogP) is 2.34. The third-order valence-corrected chi connectivity index (χ3v) is 1.68. The number of ether oxygens (including phenoxy) is 1. The van der Waals surface area contributed by atoms with E-state index in [0.29, 0.717) is 13.2 Å². The van der Waals surface area contributed by atoms with Gasteiger partial charge < -0.3 is 10.1 Å². The van der Waals surface area contributed by atoms with Gasteiger partial charge in [-0.05, 0) is 20.8 Å². The molecule has 14 heavy (non-hydrogen) atoms. The van der Waals surface area contributed by atoms with Crippen molar-refractivity contribution in [2.24, 2.45) is 0 Å². The van der Waals surface area contributed by atoms with Crippen molar-refractivity contribution in [3.8, 4) is 0 Å². The minimum absolute atomic E-state index is 0.0488. The maximum absolute atomic E-state index is 11.9. The smallest absolute Gasteiger partial charge is 0.380 e. The van der Waals surface area contributed by atoms with Crippen LogP contribution in [0, 0.1) is 0 Å². The molecule has 0 fully saturated rings. The van der Waals surface area contributed by atoms with Crippen molar-refractivity contribution in [2.45, 2.75) is 45.5 Å². The van der Waals surface area contributed by atoms with Gasteiger partial charge in [0.15, 0.2) is 0 Å². The highest BCUT2D eigenvalue weighted by molar-refractivity contribution is 4.70. The van der Waals surface area contributed by atoms with Crippen LogP contribution in [-0.4, -0.2) is 31.5 Å². The van der Waals surface area contributed by atoms with Crippen molar-refractivity contribution in [1.29, 1.82) is 0 Å². The molecule has 0 bridgehead atoms. The maximum Gasteiger partial charge on any atom is 0.390 e. The Morgan fingerprint density at radius 3 is 2.21 bits per heavy atom. The van der Waals surface area contributed by atoms with E-state index in [1.807, 2.05) is 13.8 Å². The Morgan fingerprint density at radius 1 is 1.21 bits per heavy atom. The molecule has 0 radical (unpaired) electrons. The molecule has 0 rings (SSSR count). The summed E-state index contributed by atoms with van der Waals surface area (Å²) in [6.45, 7) is 6.21. The molecule has 1 N–H and O–H groups in total. The molecule has 0 aromatic carbocycles. The lowest BCUT2D eigenvalue weighted by Gasteiger charge is -2.20. The van der Waals surface area contributed by atoms with E-state index < -0.39 is 18.6 Å². The van der Waals surface area contributed by atoms with E-state index in [4.69, 9.17) is 4.74 Å². The average molecular weight is 213 g/mol. The summed E-state index contributed by atoms with van der Waals surface area (Å²) < 4.78 is 40.9. The summed E-state index contributed by atoms with van der Waals surface area (Å²) in [5, 5.41) is 2.83. The number of rotatable bonds is 6. The van der Waals surface area contributed by atoms with Crippen LogP contribution in [0.4, 0.5) is 13.2 Å². The zero-order valence-corrected chi connectivity index (χ0v) is 8.82. The van der Waals surface area contributed by atoms with E-state index in [9.17, 15) is 13.2 Å². The second-order valence-electron chi connectivity index (χ2n) is 3.45. The van der Waals surface area contributed by atoms with Gasteiger partial charge in [-0.2, -0.15) is 13.2 Å². The average Bonchev–Trinajstić information content (AvgIpc) is 1.96. The van der Waals surface area contributed by atoms with Crippen LogP contribution in [0.3, 0.4) is 0 Å². The van der Waals surface area contributed by atoms with Crippen LogP contribution in [0.15, 0.2) is 0 Å². The summed E-state index contributed by atoms with van der Waals surface area (Å²) in [5.74, 6) is 0.